The predicted octanol–water partition coefficient (Wildman–Crippen LogP) is 3.46. The van der Waals surface area contributed by atoms with Gasteiger partial charge in [0.1, 0.15) is 11.6 Å². The Morgan fingerprint density at radius 3 is 2.83 bits per heavy atom. The van der Waals surface area contributed by atoms with Crippen LogP contribution in [0.15, 0.2) is 18.2 Å². The van der Waals surface area contributed by atoms with Crippen molar-refractivity contribution in [3.8, 4) is 6.07 Å². The molecule has 1 unspecified atom stereocenters. The monoisotopic (exact) mass is 247 g/mol. The van der Waals surface area contributed by atoms with E-state index >= 15 is 0 Å². The van der Waals surface area contributed by atoms with Crippen molar-refractivity contribution in [3.05, 3.63) is 33.9 Å². The highest BCUT2D eigenvalue weighted by Gasteiger charge is 2.14. The van der Waals surface area contributed by atoms with Gasteiger partial charge in [0.25, 0.3) is 5.69 Å². The maximum Gasteiger partial charge on any atom is 0.287 e. The first-order valence-corrected chi connectivity index (χ1v) is 6.03. The van der Waals surface area contributed by atoms with Crippen molar-refractivity contribution in [1.29, 1.82) is 5.26 Å². The molecule has 0 saturated carbocycles. The number of unbranched alkanes of at least 4 members (excludes halogenated alkanes) is 1. The van der Waals surface area contributed by atoms with E-state index in [1.807, 2.05) is 6.07 Å². The molecule has 5 heteroatoms. The van der Waals surface area contributed by atoms with Gasteiger partial charge in [0.2, 0.25) is 0 Å². The lowest BCUT2D eigenvalue weighted by atomic mass is 10.1. The first-order chi connectivity index (χ1) is 8.58. The van der Waals surface area contributed by atoms with Crippen LogP contribution in [-0.2, 0) is 0 Å². The zero-order valence-electron chi connectivity index (χ0n) is 10.6. The largest absolute Gasteiger partial charge is 0.383 e. The summed E-state index contributed by atoms with van der Waals surface area (Å²) in [5, 5.41) is 22.8. The molecule has 0 bridgehead atoms. The zero-order chi connectivity index (χ0) is 13.5. The highest BCUT2D eigenvalue weighted by Crippen LogP contribution is 2.22. The molecular weight excluding hydrogens is 230 g/mol. The Kier molecular flexibility index (Phi) is 5.12. The van der Waals surface area contributed by atoms with Crippen molar-refractivity contribution in [2.24, 2.45) is 0 Å². The molecule has 0 heterocycles. The zero-order valence-corrected chi connectivity index (χ0v) is 10.6. The number of hydrogen-bond acceptors (Lipinski definition) is 4. The maximum atomic E-state index is 10.7. The van der Waals surface area contributed by atoms with Crippen LogP contribution < -0.4 is 5.32 Å². The molecule has 0 saturated heterocycles. The molecule has 0 radical (unpaired) electrons. The van der Waals surface area contributed by atoms with Gasteiger partial charge in [-0.3, -0.25) is 10.1 Å². The highest BCUT2D eigenvalue weighted by atomic mass is 16.6. The van der Waals surface area contributed by atoms with Crippen LogP contribution in [0.2, 0.25) is 0 Å². The number of anilines is 1. The Bertz CT molecular complexity index is 466. The van der Waals surface area contributed by atoms with Gasteiger partial charge in [-0.1, -0.05) is 19.8 Å². The van der Waals surface area contributed by atoms with Crippen molar-refractivity contribution >= 4 is 11.4 Å². The van der Waals surface area contributed by atoms with Gasteiger partial charge in [-0.05, 0) is 25.5 Å². The Morgan fingerprint density at radius 2 is 2.28 bits per heavy atom. The summed E-state index contributed by atoms with van der Waals surface area (Å²) in [6, 6.07) is 6.68. The van der Waals surface area contributed by atoms with E-state index in [1.165, 1.54) is 12.1 Å². The van der Waals surface area contributed by atoms with Crippen LogP contribution in [0, 0.1) is 21.4 Å². The molecule has 0 amide bonds. The third kappa shape index (κ3) is 3.74. The number of nitro groups is 1. The van der Waals surface area contributed by atoms with E-state index in [2.05, 4.69) is 19.2 Å². The first-order valence-electron chi connectivity index (χ1n) is 6.03. The average molecular weight is 247 g/mol. The molecule has 0 spiro atoms. The lowest BCUT2D eigenvalue weighted by Crippen LogP contribution is -2.14. The van der Waals surface area contributed by atoms with E-state index in [1.54, 1.807) is 6.07 Å². The summed E-state index contributed by atoms with van der Waals surface area (Å²) < 4.78 is 0. The number of nitriles is 1. The van der Waals surface area contributed by atoms with Gasteiger partial charge in [0.05, 0.1) is 4.92 Å². The van der Waals surface area contributed by atoms with Crippen LogP contribution in [-0.4, -0.2) is 11.0 Å². The molecule has 1 N–H and O–H groups in total. The molecule has 0 fully saturated rings. The molecular formula is C13H17N3O2. The summed E-state index contributed by atoms with van der Waals surface area (Å²) in [7, 11) is 0. The number of benzene rings is 1. The molecule has 0 aliphatic heterocycles. The SMILES string of the molecule is CCCCC(C)Nc1ccc([N+](=O)[O-])c(C#N)c1. The van der Waals surface area contributed by atoms with Gasteiger partial charge in [-0.15, -0.1) is 0 Å². The number of hydrogen-bond donors (Lipinski definition) is 1. The third-order valence-corrected chi connectivity index (χ3v) is 2.72. The fraction of sp³-hybridized carbons (Fsp3) is 0.462. The third-order valence-electron chi connectivity index (χ3n) is 2.72. The van der Waals surface area contributed by atoms with Gasteiger partial charge in [-0.25, -0.2) is 0 Å². The summed E-state index contributed by atoms with van der Waals surface area (Å²) in [6.45, 7) is 4.19. The second-order valence-corrected chi connectivity index (χ2v) is 4.29. The van der Waals surface area contributed by atoms with Crippen molar-refractivity contribution < 1.29 is 4.92 Å². The van der Waals surface area contributed by atoms with Gasteiger partial charge < -0.3 is 5.32 Å². The summed E-state index contributed by atoms with van der Waals surface area (Å²) >= 11 is 0. The Hall–Kier alpha value is -2.09. The smallest absolute Gasteiger partial charge is 0.287 e. The number of nitrogens with zero attached hydrogens (tertiary/aromatic N) is 2. The molecule has 1 aromatic carbocycles. The molecule has 0 aliphatic rings. The van der Waals surface area contributed by atoms with Crippen LogP contribution in [0.4, 0.5) is 11.4 Å². The fourth-order valence-corrected chi connectivity index (χ4v) is 1.74. The minimum atomic E-state index is -0.539. The van der Waals surface area contributed by atoms with E-state index in [0.29, 0.717) is 0 Å². The fourth-order valence-electron chi connectivity index (χ4n) is 1.74. The van der Waals surface area contributed by atoms with Crippen molar-refractivity contribution in [2.75, 3.05) is 5.32 Å². The van der Waals surface area contributed by atoms with Gasteiger partial charge >= 0.3 is 0 Å². The van der Waals surface area contributed by atoms with E-state index in [0.717, 1.165) is 24.9 Å². The quantitative estimate of drug-likeness (QED) is 0.616. The molecule has 96 valence electrons. The van der Waals surface area contributed by atoms with Crippen LogP contribution in [0.1, 0.15) is 38.7 Å². The van der Waals surface area contributed by atoms with E-state index in [4.69, 9.17) is 5.26 Å². The maximum absolute atomic E-state index is 10.7. The summed E-state index contributed by atoms with van der Waals surface area (Å²) in [6.07, 6.45) is 3.30. The van der Waals surface area contributed by atoms with Crippen LogP contribution in [0.25, 0.3) is 0 Å². The van der Waals surface area contributed by atoms with Crippen molar-refractivity contribution in [1.82, 2.24) is 0 Å². The standard InChI is InChI=1S/C13H17N3O2/c1-3-4-5-10(2)15-12-6-7-13(16(17)18)11(8-12)9-14/h6-8,10,15H,3-5H2,1-2H3. The first kappa shape index (κ1) is 14.0. The second-order valence-electron chi connectivity index (χ2n) is 4.29. The van der Waals surface area contributed by atoms with Gasteiger partial charge in [0.15, 0.2) is 0 Å². The summed E-state index contributed by atoms with van der Waals surface area (Å²) in [4.78, 5) is 10.2. The summed E-state index contributed by atoms with van der Waals surface area (Å²) in [5.41, 5.74) is 0.692. The van der Waals surface area contributed by atoms with Crippen molar-refractivity contribution in [2.45, 2.75) is 39.2 Å². The normalized spacial score (nSPS) is 11.6. The Labute approximate surface area is 107 Å². The topological polar surface area (TPSA) is 79.0 Å². The summed E-state index contributed by atoms with van der Waals surface area (Å²) in [5.74, 6) is 0. The molecule has 1 rings (SSSR count). The molecule has 5 nitrogen and oxygen atoms in total. The molecule has 0 aliphatic carbocycles. The van der Waals surface area contributed by atoms with E-state index in [9.17, 15) is 10.1 Å². The predicted molar refractivity (Wildman–Crippen MR) is 70.4 cm³/mol. The Morgan fingerprint density at radius 1 is 1.56 bits per heavy atom. The molecule has 18 heavy (non-hydrogen) atoms. The number of nitrogens with one attached hydrogen (secondary N) is 1. The number of rotatable bonds is 6. The number of nitro benzene ring substituents is 1. The lowest BCUT2D eigenvalue weighted by Gasteiger charge is -2.14. The Balaban J connectivity index is 2.80. The molecule has 1 aromatic rings. The minimum absolute atomic E-state index is 0.0905. The van der Waals surface area contributed by atoms with Crippen LogP contribution in [0.5, 0.6) is 0 Å². The van der Waals surface area contributed by atoms with Crippen molar-refractivity contribution in [3.63, 3.8) is 0 Å². The van der Waals surface area contributed by atoms with Gasteiger partial charge in [0, 0.05) is 17.8 Å². The molecule has 1 atom stereocenters. The van der Waals surface area contributed by atoms with Crippen LogP contribution >= 0.6 is 0 Å². The second kappa shape index (κ2) is 6.60. The lowest BCUT2D eigenvalue weighted by molar-refractivity contribution is -0.385. The molecule has 0 aromatic heterocycles. The van der Waals surface area contributed by atoms with Crippen LogP contribution in [0.3, 0.4) is 0 Å². The van der Waals surface area contributed by atoms with E-state index < -0.39 is 4.92 Å². The highest BCUT2D eigenvalue weighted by molar-refractivity contribution is 5.58. The minimum Gasteiger partial charge on any atom is -0.383 e. The van der Waals surface area contributed by atoms with Gasteiger partial charge in [-0.2, -0.15) is 5.26 Å². The average Bonchev–Trinajstić information content (AvgIpc) is 2.35. The van der Waals surface area contributed by atoms with E-state index in [-0.39, 0.29) is 17.3 Å².